The van der Waals surface area contributed by atoms with Crippen LogP contribution in [0.5, 0.6) is 0 Å². The Bertz CT molecular complexity index is 825. The van der Waals surface area contributed by atoms with E-state index in [0.29, 0.717) is 6.42 Å². The second kappa shape index (κ2) is 36.5. The van der Waals surface area contributed by atoms with Crippen LogP contribution in [0.1, 0.15) is 194 Å². The third-order valence-corrected chi connectivity index (χ3v) is 9.64. The second-order valence-corrected chi connectivity index (χ2v) is 15.0. The Morgan fingerprint density at radius 1 is 0.592 bits per heavy atom. The molecule has 0 bridgehead atoms. The summed E-state index contributed by atoms with van der Waals surface area (Å²) < 4.78 is 32.7. The molecule has 9 nitrogen and oxygen atoms in total. The van der Waals surface area contributed by atoms with Gasteiger partial charge in [-0.2, -0.15) is 0 Å². The van der Waals surface area contributed by atoms with Gasteiger partial charge in [0.05, 0.1) is 13.2 Å². The molecule has 10 heteroatoms. The zero-order valence-corrected chi connectivity index (χ0v) is 32.6. The van der Waals surface area contributed by atoms with Crippen LogP contribution in [0.4, 0.5) is 0 Å². The van der Waals surface area contributed by atoms with Crippen LogP contribution >= 0.6 is 7.82 Å². The number of phosphoric acid groups is 1. The molecule has 0 saturated carbocycles. The fraction of sp³-hybridized carbons (Fsp3) is 0.897. The summed E-state index contributed by atoms with van der Waals surface area (Å²) in [4.78, 5) is 34.7. The largest absolute Gasteiger partial charge is 0.472 e. The predicted octanol–water partition coefficient (Wildman–Crippen LogP) is 11.1. The highest BCUT2D eigenvalue weighted by Gasteiger charge is 2.26. The molecule has 1 unspecified atom stereocenters. The van der Waals surface area contributed by atoms with Crippen molar-refractivity contribution in [1.82, 2.24) is 0 Å². The summed E-state index contributed by atoms with van der Waals surface area (Å²) in [5, 5.41) is 0. The van der Waals surface area contributed by atoms with E-state index in [9.17, 15) is 19.0 Å². The maximum absolute atomic E-state index is 12.5. The number of nitrogens with two attached hydrogens (primary N) is 1. The van der Waals surface area contributed by atoms with Crippen LogP contribution in [0.25, 0.3) is 0 Å². The summed E-state index contributed by atoms with van der Waals surface area (Å²) in [7, 11) is -4.37. The van der Waals surface area contributed by atoms with Crippen molar-refractivity contribution >= 4 is 19.8 Å². The van der Waals surface area contributed by atoms with Gasteiger partial charge in [0.1, 0.15) is 6.61 Å². The lowest BCUT2D eigenvalue weighted by molar-refractivity contribution is -0.161. The molecule has 0 saturated heterocycles. The van der Waals surface area contributed by atoms with Crippen LogP contribution in [0.3, 0.4) is 0 Å². The predicted molar refractivity (Wildman–Crippen MR) is 201 cm³/mol. The fourth-order valence-corrected chi connectivity index (χ4v) is 6.39. The number of unbranched alkanes of at least 4 members (excludes halogenated alkanes) is 23. The zero-order chi connectivity index (χ0) is 36.1. The third kappa shape index (κ3) is 36.3. The van der Waals surface area contributed by atoms with Crippen LogP contribution in [0.2, 0.25) is 0 Å². The Labute approximate surface area is 300 Å². The molecule has 0 spiro atoms. The van der Waals surface area contributed by atoms with Gasteiger partial charge in [-0.15, -0.1) is 0 Å². The molecule has 0 aromatic carbocycles. The molecule has 290 valence electrons. The number of phosphoric ester groups is 1. The van der Waals surface area contributed by atoms with Crippen molar-refractivity contribution in [3.63, 3.8) is 0 Å². The number of allylic oxidation sites excluding steroid dienone is 2. The number of carbonyl (C=O) groups excluding carboxylic acids is 2. The van der Waals surface area contributed by atoms with Crippen LogP contribution in [0.15, 0.2) is 12.2 Å². The molecular weight excluding hydrogens is 641 g/mol. The van der Waals surface area contributed by atoms with Gasteiger partial charge >= 0.3 is 19.8 Å². The van der Waals surface area contributed by atoms with Gasteiger partial charge in [0.25, 0.3) is 0 Å². The van der Waals surface area contributed by atoms with E-state index in [1.165, 1.54) is 103 Å². The first-order valence-corrected chi connectivity index (χ1v) is 21.7. The highest BCUT2D eigenvalue weighted by molar-refractivity contribution is 7.47. The third-order valence-electron chi connectivity index (χ3n) is 8.65. The van der Waals surface area contributed by atoms with Gasteiger partial charge < -0.3 is 20.1 Å². The van der Waals surface area contributed by atoms with E-state index in [4.69, 9.17) is 24.3 Å². The lowest BCUT2D eigenvalue weighted by atomic mass is 10.0. The monoisotopic (exact) mass is 718 g/mol. The van der Waals surface area contributed by atoms with Crippen molar-refractivity contribution in [2.75, 3.05) is 26.4 Å². The first-order chi connectivity index (χ1) is 23.8. The minimum absolute atomic E-state index is 0.0546. The second-order valence-electron chi connectivity index (χ2n) is 13.5. The lowest BCUT2D eigenvalue weighted by Gasteiger charge is -2.19. The molecule has 49 heavy (non-hydrogen) atoms. The highest BCUT2D eigenvalue weighted by atomic mass is 31.2. The first kappa shape index (κ1) is 47.8. The molecule has 0 rings (SSSR count). The topological polar surface area (TPSA) is 134 Å². The van der Waals surface area contributed by atoms with Crippen molar-refractivity contribution in [2.45, 2.75) is 200 Å². The summed E-state index contributed by atoms with van der Waals surface area (Å²) in [5.74, 6) is -0.832. The lowest BCUT2D eigenvalue weighted by Crippen LogP contribution is -2.29. The number of hydrogen-bond acceptors (Lipinski definition) is 8. The maximum Gasteiger partial charge on any atom is 0.472 e. The molecule has 3 N–H and O–H groups in total. The Morgan fingerprint density at radius 2 is 1.00 bits per heavy atom. The van der Waals surface area contributed by atoms with Gasteiger partial charge in [-0.1, -0.05) is 154 Å². The summed E-state index contributed by atoms with van der Waals surface area (Å²) in [6, 6.07) is 0. The first-order valence-electron chi connectivity index (χ1n) is 20.2. The van der Waals surface area contributed by atoms with Gasteiger partial charge in [-0.25, -0.2) is 4.57 Å². The Morgan fingerprint density at radius 3 is 1.49 bits per heavy atom. The summed E-state index contributed by atoms with van der Waals surface area (Å²) in [5.41, 5.74) is 5.33. The quantitative estimate of drug-likeness (QED) is 0.0277. The standard InChI is InChI=1S/C39H76NO8P/c1-3-5-7-9-11-13-15-17-18-19-20-22-23-25-27-29-31-38(41)45-35-37(36-47-49(43,44)46-34-33-40)48-39(42)32-30-28-26-24-21-16-14-12-10-8-6-4-2/h12,14,37H,3-11,13,15-36,40H2,1-2H3,(H,43,44)/b14-12+/t37-/m1/s1. The van der Waals surface area contributed by atoms with Crippen molar-refractivity contribution in [3.05, 3.63) is 12.2 Å². The average molecular weight is 718 g/mol. The van der Waals surface area contributed by atoms with Gasteiger partial charge in [-0.05, 0) is 38.5 Å². The van der Waals surface area contributed by atoms with Crippen LogP contribution in [-0.4, -0.2) is 49.3 Å². The van der Waals surface area contributed by atoms with Gasteiger partial charge in [0.2, 0.25) is 0 Å². The molecule has 0 heterocycles. The van der Waals surface area contributed by atoms with Gasteiger partial charge in [-0.3, -0.25) is 18.6 Å². The Hall–Kier alpha value is -1.25. The van der Waals surface area contributed by atoms with Crippen molar-refractivity contribution in [3.8, 4) is 0 Å². The van der Waals surface area contributed by atoms with Crippen LogP contribution < -0.4 is 5.73 Å². The normalized spacial score (nSPS) is 13.5. The minimum atomic E-state index is -4.37. The molecule has 0 aromatic rings. The smallest absolute Gasteiger partial charge is 0.462 e. The Kier molecular flexibility index (Phi) is 35.6. The molecule has 0 fully saturated rings. The van der Waals surface area contributed by atoms with Crippen molar-refractivity contribution in [2.24, 2.45) is 5.73 Å². The van der Waals surface area contributed by atoms with Gasteiger partial charge in [0.15, 0.2) is 6.10 Å². The van der Waals surface area contributed by atoms with Gasteiger partial charge in [0, 0.05) is 19.4 Å². The van der Waals surface area contributed by atoms with E-state index >= 15 is 0 Å². The highest BCUT2D eigenvalue weighted by Crippen LogP contribution is 2.43. The number of hydrogen-bond donors (Lipinski definition) is 2. The molecule has 2 atom stereocenters. The summed E-state index contributed by atoms with van der Waals surface area (Å²) >= 11 is 0. The average Bonchev–Trinajstić information content (AvgIpc) is 3.08. The molecule has 0 radical (unpaired) electrons. The molecule has 0 aliphatic carbocycles. The molecule has 0 aliphatic heterocycles. The zero-order valence-electron chi connectivity index (χ0n) is 31.7. The Balaban J connectivity index is 4.15. The van der Waals surface area contributed by atoms with Crippen LogP contribution in [-0.2, 0) is 32.7 Å². The van der Waals surface area contributed by atoms with Crippen LogP contribution in [0, 0.1) is 0 Å². The molecular formula is C39H76NO8P. The fourth-order valence-electron chi connectivity index (χ4n) is 5.63. The van der Waals surface area contributed by atoms with E-state index in [2.05, 4.69) is 26.0 Å². The van der Waals surface area contributed by atoms with E-state index < -0.39 is 26.5 Å². The number of carbonyl (C=O) groups is 2. The van der Waals surface area contributed by atoms with E-state index in [0.717, 1.165) is 57.8 Å². The van der Waals surface area contributed by atoms with E-state index in [1.54, 1.807) is 0 Å². The SMILES string of the molecule is CCCCC/C=C/CCCCCCCC(=O)O[C@H](COC(=O)CCCCCCCCCCCCCCCCCC)COP(=O)(O)OCCN. The molecule has 0 aliphatic rings. The van der Waals surface area contributed by atoms with Crippen molar-refractivity contribution in [1.29, 1.82) is 0 Å². The number of rotatable bonds is 38. The van der Waals surface area contributed by atoms with E-state index in [-0.39, 0.29) is 38.6 Å². The summed E-state index contributed by atoms with van der Waals surface area (Å²) in [6.07, 6.45) is 35.2. The summed E-state index contributed by atoms with van der Waals surface area (Å²) in [6.45, 7) is 3.71. The minimum Gasteiger partial charge on any atom is -0.462 e. The molecule has 0 amide bonds. The van der Waals surface area contributed by atoms with Crippen molar-refractivity contribution < 1.29 is 37.6 Å². The molecule has 0 aromatic heterocycles. The number of ether oxygens (including phenoxy) is 2. The maximum atomic E-state index is 12.5. The number of esters is 2. The van der Waals surface area contributed by atoms with E-state index in [1.807, 2.05) is 0 Å².